The highest BCUT2D eigenvalue weighted by atomic mass is 16.6. The van der Waals surface area contributed by atoms with Gasteiger partial charge in [0.15, 0.2) is 0 Å². The highest BCUT2D eigenvalue weighted by Crippen LogP contribution is 2.47. The van der Waals surface area contributed by atoms with Crippen molar-refractivity contribution in [2.45, 2.75) is 33.3 Å². The molecule has 0 aromatic heterocycles. The molecule has 0 spiro atoms. The average molecular weight is 268 g/mol. The van der Waals surface area contributed by atoms with Crippen LogP contribution in [0.15, 0.2) is 0 Å². The Morgan fingerprint density at radius 3 is 2.74 bits per heavy atom. The highest BCUT2D eigenvalue weighted by molar-refractivity contribution is 5.77. The standard InChI is InChI=1S/C14H20O5/c1-7-4-10-13(8(2)19-14(10)17)11(5-15)12(7)6-18-9(3)16/h5,7-8,10-13H,4,6H2,1-3H3/t7-,8+,10?,11-,12?,13+/m0/s1. The topological polar surface area (TPSA) is 69.7 Å². The number of aldehydes is 1. The van der Waals surface area contributed by atoms with E-state index >= 15 is 0 Å². The van der Waals surface area contributed by atoms with Crippen LogP contribution >= 0.6 is 0 Å². The Morgan fingerprint density at radius 1 is 1.47 bits per heavy atom. The molecule has 0 amide bonds. The first-order chi connectivity index (χ1) is 8.95. The summed E-state index contributed by atoms with van der Waals surface area (Å²) in [5.74, 6) is -0.953. The van der Waals surface area contributed by atoms with Crippen LogP contribution in [0, 0.1) is 29.6 Å². The molecular weight excluding hydrogens is 248 g/mol. The molecule has 0 bridgehead atoms. The molecule has 19 heavy (non-hydrogen) atoms. The summed E-state index contributed by atoms with van der Waals surface area (Å²) in [6.07, 6.45) is 1.37. The van der Waals surface area contributed by atoms with Crippen molar-refractivity contribution in [2.24, 2.45) is 29.6 Å². The van der Waals surface area contributed by atoms with Crippen LogP contribution in [0.4, 0.5) is 0 Å². The van der Waals surface area contributed by atoms with Gasteiger partial charge in [0.05, 0.1) is 12.5 Å². The number of rotatable bonds is 3. The lowest BCUT2D eigenvalue weighted by molar-refractivity contribution is -0.148. The van der Waals surface area contributed by atoms with Crippen molar-refractivity contribution in [1.29, 1.82) is 0 Å². The lowest BCUT2D eigenvalue weighted by Gasteiger charge is -2.40. The van der Waals surface area contributed by atoms with Crippen LogP contribution in [-0.4, -0.2) is 30.9 Å². The molecule has 1 saturated heterocycles. The van der Waals surface area contributed by atoms with Gasteiger partial charge in [0.25, 0.3) is 0 Å². The average Bonchev–Trinajstić information content (AvgIpc) is 2.61. The molecule has 1 heterocycles. The molecule has 0 aromatic carbocycles. The van der Waals surface area contributed by atoms with E-state index in [-0.39, 0.29) is 54.2 Å². The second-order valence-electron chi connectivity index (χ2n) is 5.72. The first-order valence-corrected chi connectivity index (χ1v) is 6.74. The van der Waals surface area contributed by atoms with Crippen LogP contribution in [0.2, 0.25) is 0 Å². The van der Waals surface area contributed by atoms with Gasteiger partial charge in [-0.2, -0.15) is 0 Å². The molecule has 0 radical (unpaired) electrons. The van der Waals surface area contributed by atoms with Gasteiger partial charge < -0.3 is 14.3 Å². The molecule has 2 rings (SSSR count). The molecule has 1 saturated carbocycles. The quantitative estimate of drug-likeness (QED) is 0.568. The van der Waals surface area contributed by atoms with Gasteiger partial charge in [0, 0.05) is 24.7 Å². The van der Waals surface area contributed by atoms with Gasteiger partial charge in [-0.25, -0.2) is 0 Å². The zero-order valence-electron chi connectivity index (χ0n) is 11.5. The maximum Gasteiger partial charge on any atom is 0.309 e. The largest absolute Gasteiger partial charge is 0.466 e. The van der Waals surface area contributed by atoms with Crippen LogP contribution in [0.3, 0.4) is 0 Å². The molecule has 2 fully saturated rings. The highest BCUT2D eigenvalue weighted by Gasteiger charge is 2.53. The van der Waals surface area contributed by atoms with E-state index in [1.807, 2.05) is 13.8 Å². The minimum atomic E-state index is -0.342. The van der Waals surface area contributed by atoms with E-state index < -0.39 is 0 Å². The molecule has 106 valence electrons. The second-order valence-corrected chi connectivity index (χ2v) is 5.72. The summed E-state index contributed by atoms with van der Waals surface area (Å²) in [5, 5.41) is 0. The fraction of sp³-hybridized carbons (Fsp3) is 0.786. The normalized spacial score (nSPS) is 41.3. The van der Waals surface area contributed by atoms with Crippen molar-refractivity contribution in [1.82, 2.24) is 0 Å². The molecule has 6 atom stereocenters. The van der Waals surface area contributed by atoms with Crippen molar-refractivity contribution in [2.75, 3.05) is 6.61 Å². The van der Waals surface area contributed by atoms with Crippen molar-refractivity contribution in [3.63, 3.8) is 0 Å². The van der Waals surface area contributed by atoms with Gasteiger partial charge in [-0.05, 0) is 19.3 Å². The van der Waals surface area contributed by atoms with Gasteiger partial charge in [-0.1, -0.05) is 6.92 Å². The van der Waals surface area contributed by atoms with E-state index in [0.717, 1.165) is 6.29 Å². The van der Waals surface area contributed by atoms with Crippen LogP contribution in [0.5, 0.6) is 0 Å². The number of fused-ring (bicyclic) bond motifs is 1. The Balaban J connectivity index is 2.18. The third kappa shape index (κ3) is 2.51. The lowest BCUT2D eigenvalue weighted by Crippen LogP contribution is -2.44. The van der Waals surface area contributed by atoms with E-state index in [1.54, 1.807) is 0 Å². The summed E-state index contributed by atoms with van der Waals surface area (Å²) in [5.41, 5.74) is 0. The number of cyclic esters (lactones) is 1. The first kappa shape index (κ1) is 14.0. The number of esters is 2. The van der Waals surface area contributed by atoms with Gasteiger partial charge in [-0.3, -0.25) is 9.59 Å². The number of carbonyl (C=O) groups is 3. The molecule has 2 aliphatic rings. The SMILES string of the molecule is CC(=O)OCC1[C@@H](C)CC2C(=O)O[C@H](C)[C@H]2[C@H]1C=O. The van der Waals surface area contributed by atoms with Gasteiger partial charge in [-0.15, -0.1) is 0 Å². The molecule has 1 aliphatic carbocycles. The van der Waals surface area contributed by atoms with E-state index in [2.05, 4.69) is 0 Å². The Bertz CT molecular complexity index is 391. The Morgan fingerprint density at radius 2 is 2.16 bits per heavy atom. The lowest BCUT2D eigenvalue weighted by atomic mass is 9.62. The van der Waals surface area contributed by atoms with E-state index in [9.17, 15) is 14.4 Å². The summed E-state index contributed by atoms with van der Waals surface area (Å²) < 4.78 is 10.3. The smallest absolute Gasteiger partial charge is 0.309 e. The molecule has 5 nitrogen and oxygen atoms in total. The molecule has 1 aliphatic heterocycles. The Labute approximate surface area is 112 Å². The maximum absolute atomic E-state index is 11.8. The Kier molecular flexibility index (Phi) is 3.92. The second kappa shape index (κ2) is 5.31. The first-order valence-electron chi connectivity index (χ1n) is 6.74. The third-order valence-electron chi connectivity index (χ3n) is 4.54. The molecule has 5 heteroatoms. The van der Waals surface area contributed by atoms with E-state index in [4.69, 9.17) is 9.47 Å². The minimum Gasteiger partial charge on any atom is -0.466 e. The molecule has 0 N–H and O–H groups in total. The summed E-state index contributed by atoms with van der Waals surface area (Å²) in [6.45, 7) is 5.43. The Hall–Kier alpha value is -1.39. The fourth-order valence-corrected chi connectivity index (χ4v) is 3.59. The predicted octanol–water partition coefficient (Wildman–Crippen LogP) is 1.20. The van der Waals surface area contributed by atoms with E-state index in [1.165, 1.54) is 6.92 Å². The summed E-state index contributed by atoms with van der Waals surface area (Å²) in [7, 11) is 0. The number of hydrogen-bond acceptors (Lipinski definition) is 5. The van der Waals surface area contributed by atoms with Gasteiger partial charge in [0.2, 0.25) is 0 Å². The van der Waals surface area contributed by atoms with Crippen LogP contribution in [-0.2, 0) is 23.9 Å². The third-order valence-corrected chi connectivity index (χ3v) is 4.54. The number of hydrogen-bond donors (Lipinski definition) is 0. The summed E-state index contributed by atoms with van der Waals surface area (Å²) >= 11 is 0. The van der Waals surface area contributed by atoms with Gasteiger partial charge >= 0.3 is 11.9 Å². The van der Waals surface area contributed by atoms with Crippen LogP contribution < -0.4 is 0 Å². The van der Waals surface area contributed by atoms with Crippen molar-refractivity contribution >= 4 is 18.2 Å². The van der Waals surface area contributed by atoms with Gasteiger partial charge in [0.1, 0.15) is 12.4 Å². The fourth-order valence-electron chi connectivity index (χ4n) is 3.59. The van der Waals surface area contributed by atoms with Crippen LogP contribution in [0.25, 0.3) is 0 Å². The summed E-state index contributed by atoms with van der Waals surface area (Å²) in [4.78, 5) is 34.2. The monoisotopic (exact) mass is 268 g/mol. The van der Waals surface area contributed by atoms with Crippen molar-refractivity contribution < 1.29 is 23.9 Å². The summed E-state index contributed by atoms with van der Waals surface area (Å²) in [6, 6.07) is 0. The van der Waals surface area contributed by atoms with Crippen LogP contribution in [0.1, 0.15) is 27.2 Å². The predicted molar refractivity (Wildman–Crippen MR) is 66.0 cm³/mol. The molecule has 2 unspecified atom stereocenters. The van der Waals surface area contributed by atoms with Crippen molar-refractivity contribution in [3.8, 4) is 0 Å². The maximum atomic E-state index is 11.8. The molecular formula is C14H20O5. The number of ether oxygens (including phenoxy) is 2. The minimum absolute atomic E-state index is 0.0281. The number of carbonyl (C=O) groups excluding carboxylic acids is 3. The van der Waals surface area contributed by atoms with Crippen molar-refractivity contribution in [3.05, 3.63) is 0 Å². The zero-order valence-corrected chi connectivity index (χ0v) is 11.5. The van der Waals surface area contributed by atoms with E-state index in [0.29, 0.717) is 6.42 Å². The zero-order chi connectivity index (χ0) is 14.2. The molecule has 0 aromatic rings.